The van der Waals surface area contributed by atoms with Gasteiger partial charge in [0, 0.05) is 25.7 Å². The fourth-order valence-electron chi connectivity index (χ4n) is 2.40. The summed E-state index contributed by atoms with van der Waals surface area (Å²) in [7, 11) is 6.66. The van der Waals surface area contributed by atoms with E-state index < -0.39 is 0 Å². The monoisotopic (exact) mass is 337 g/mol. The average Bonchev–Trinajstić information content (AvgIpc) is 2.63. The van der Waals surface area contributed by atoms with E-state index in [2.05, 4.69) is 22.5 Å². The van der Waals surface area contributed by atoms with Gasteiger partial charge < -0.3 is 24.8 Å². The lowest BCUT2D eigenvalue weighted by Crippen LogP contribution is -2.37. The van der Waals surface area contributed by atoms with E-state index in [0.717, 1.165) is 36.0 Å². The lowest BCUT2D eigenvalue weighted by Gasteiger charge is -2.17. The Morgan fingerprint density at radius 2 is 1.62 bits per heavy atom. The molecule has 0 amide bonds. The minimum Gasteiger partial charge on any atom is -0.496 e. The predicted molar refractivity (Wildman–Crippen MR) is 98.4 cm³/mol. The lowest BCUT2D eigenvalue weighted by atomic mass is 10.1. The molecule has 6 nitrogen and oxygen atoms in total. The van der Waals surface area contributed by atoms with Crippen molar-refractivity contribution in [3.63, 3.8) is 0 Å². The summed E-state index contributed by atoms with van der Waals surface area (Å²) in [5.41, 5.74) is 0.926. The molecule has 0 aromatic heterocycles. The van der Waals surface area contributed by atoms with Crippen LogP contribution in [0, 0.1) is 0 Å². The van der Waals surface area contributed by atoms with E-state index >= 15 is 0 Å². The third kappa shape index (κ3) is 6.18. The van der Waals surface area contributed by atoms with Gasteiger partial charge >= 0.3 is 0 Å². The highest BCUT2D eigenvalue weighted by atomic mass is 16.5. The van der Waals surface area contributed by atoms with Gasteiger partial charge in [0.05, 0.1) is 33.4 Å². The molecule has 0 unspecified atom stereocenters. The van der Waals surface area contributed by atoms with Crippen LogP contribution in [0.4, 0.5) is 0 Å². The van der Waals surface area contributed by atoms with Crippen molar-refractivity contribution in [3.8, 4) is 17.2 Å². The third-order valence-electron chi connectivity index (χ3n) is 3.80. The van der Waals surface area contributed by atoms with Gasteiger partial charge in [-0.2, -0.15) is 0 Å². The first-order valence-corrected chi connectivity index (χ1v) is 8.43. The minimum atomic E-state index is 0.547. The van der Waals surface area contributed by atoms with E-state index in [1.165, 1.54) is 19.3 Å². The molecule has 0 saturated heterocycles. The second-order valence-electron chi connectivity index (χ2n) is 5.42. The summed E-state index contributed by atoms with van der Waals surface area (Å²) in [6.45, 7) is 3.67. The van der Waals surface area contributed by atoms with Crippen molar-refractivity contribution in [2.24, 2.45) is 4.99 Å². The van der Waals surface area contributed by atoms with Crippen LogP contribution in [-0.2, 0) is 6.54 Å². The van der Waals surface area contributed by atoms with Crippen LogP contribution in [0.25, 0.3) is 0 Å². The smallest absolute Gasteiger partial charge is 0.191 e. The summed E-state index contributed by atoms with van der Waals surface area (Å²) < 4.78 is 16.2. The van der Waals surface area contributed by atoms with E-state index in [-0.39, 0.29) is 0 Å². The average molecular weight is 337 g/mol. The second kappa shape index (κ2) is 11.4. The molecule has 0 fully saturated rings. The zero-order valence-electron chi connectivity index (χ0n) is 15.6. The van der Waals surface area contributed by atoms with Crippen molar-refractivity contribution in [3.05, 3.63) is 17.7 Å². The van der Waals surface area contributed by atoms with Crippen LogP contribution in [0.1, 0.15) is 38.2 Å². The molecule has 0 atom stereocenters. The number of unbranched alkanes of at least 4 members (excludes halogenated alkanes) is 3. The van der Waals surface area contributed by atoms with E-state index in [9.17, 15) is 0 Å². The van der Waals surface area contributed by atoms with Crippen molar-refractivity contribution < 1.29 is 14.2 Å². The van der Waals surface area contributed by atoms with Gasteiger partial charge in [-0.25, -0.2) is 0 Å². The van der Waals surface area contributed by atoms with Crippen LogP contribution in [0.3, 0.4) is 0 Å². The number of methoxy groups -OCH3 is 3. The summed E-state index contributed by atoms with van der Waals surface area (Å²) in [6.07, 6.45) is 4.89. The zero-order chi connectivity index (χ0) is 17.8. The molecule has 2 N–H and O–H groups in total. The maximum absolute atomic E-state index is 5.46. The van der Waals surface area contributed by atoms with Crippen LogP contribution >= 0.6 is 0 Å². The number of benzene rings is 1. The highest BCUT2D eigenvalue weighted by Crippen LogP contribution is 2.33. The Hall–Kier alpha value is -2.11. The summed E-state index contributed by atoms with van der Waals surface area (Å²) in [4.78, 5) is 4.25. The number of guanidine groups is 1. The van der Waals surface area contributed by atoms with Gasteiger partial charge in [0.25, 0.3) is 0 Å². The number of ether oxygens (including phenoxy) is 3. The van der Waals surface area contributed by atoms with Gasteiger partial charge in [0.1, 0.15) is 17.2 Å². The Kier molecular flexibility index (Phi) is 9.49. The molecule has 0 bridgehead atoms. The second-order valence-corrected chi connectivity index (χ2v) is 5.42. The van der Waals surface area contributed by atoms with Crippen molar-refractivity contribution in [1.29, 1.82) is 0 Å². The molecule has 0 radical (unpaired) electrons. The Morgan fingerprint density at radius 3 is 2.12 bits per heavy atom. The van der Waals surface area contributed by atoms with Gasteiger partial charge in [-0.1, -0.05) is 26.2 Å². The highest BCUT2D eigenvalue weighted by molar-refractivity contribution is 5.79. The molecular weight excluding hydrogens is 306 g/mol. The van der Waals surface area contributed by atoms with E-state index in [0.29, 0.717) is 12.3 Å². The largest absolute Gasteiger partial charge is 0.496 e. The molecule has 1 rings (SSSR count). The lowest BCUT2D eigenvalue weighted by molar-refractivity contribution is 0.368. The van der Waals surface area contributed by atoms with Gasteiger partial charge in [-0.05, 0) is 6.42 Å². The van der Waals surface area contributed by atoms with Crippen molar-refractivity contribution >= 4 is 5.96 Å². The summed E-state index contributed by atoms with van der Waals surface area (Å²) in [5, 5.41) is 6.63. The molecule has 0 aliphatic carbocycles. The van der Waals surface area contributed by atoms with E-state index in [1.54, 1.807) is 28.4 Å². The number of nitrogens with zero attached hydrogens (tertiary/aromatic N) is 1. The number of nitrogens with one attached hydrogen (secondary N) is 2. The first kappa shape index (κ1) is 19.9. The highest BCUT2D eigenvalue weighted by Gasteiger charge is 2.13. The third-order valence-corrected chi connectivity index (χ3v) is 3.80. The standard InChI is InChI=1S/C18H31N3O3/c1-6-7-8-9-10-20-18(19-2)21-13-15-16(23-4)11-14(22-3)12-17(15)24-5/h11-12H,6-10,13H2,1-5H3,(H2,19,20,21). The van der Waals surface area contributed by atoms with Crippen LogP contribution in [0.5, 0.6) is 17.2 Å². The molecule has 0 aliphatic rings. The maximum atomic E-state index is 5.46. The molecule has 0 saturated carbocycles. The van der Waals surface area contributed by atoms with Crippen LogP contribution < -0.4 is 24.8 Å². The molecule has 1 aromatic carbocycles. The van der Waals surface area contributed by atoms with Gasteiger partial charge in [-0.15, -0.1) is 0 Å². The fraction of sp³-hybridized carbons (Fsp3) is 0.611. The summed E-state index contributed by atoms with van der Waals surface area (Å²) in [6, 6.07) is 3.70. The Bertz CT molecular complexity index is 493. The molecule has 1 aromatic rings. The molecule has 24 heavy (non-hydrogen) atoms. The molecule has 136 valence electrons. The van der Waals surface area contributed by atoms with Gasteiger partial charge in [0.2, 0.25) is 0 Å². The first-order chi connectivity index (χ1) is 11.7. The molecule has 0 aliphatic heterocycles. The Balaban J connectivity index is 2.67. The number of hydrogen-bond acceptors (Lipinski definition) is 4. The number of aliphatic imine (C=N–C) groups is 1. The van der Waals surface area contributed by atoms with Crippen molar-refractivity contribution in [2.45, 2.75) is 39.2 Å². The van der Waals surface area contributed by atoms with Crippen molar-refractivity contribution in [1.82, 2.24) is 10.6 Å². The first-order valence-electron chi connectivity index (χ1n) is 8.43. The number of rotatable bonds is 10. The summed E-state index contributed by atoms with van der Waals surface area (Å²) >= 11 is 0. The number of hydrogen-bond donors (Lipinski definition) is 2. The van der Waals surface area contributed by atoms with Crippen LogP contribution in [0.15, 0.2) is 17.1 Å². The Labute approximate surface area is 145 Å². The maximum Gasteiger partial charge on any atom is 0.191 e. The normalized spacial score (nSPS) is 11.1. The van der Waals surface area contributed by atoms with Crippen LogP contribution in [0.2, 0.25) is 0 Å². The minimum absolute atomic E-state index is 0.547. The summed E-state index contributed by atoms with van der Waals surface area (Å²) in [5.74, 6) is 2.91. The molecule has 0 spiro atoms. The van der Waals surface area contributed by atoms with Gasteiger partial charge in [0.15, 0.2) is 5.96 Å². The van der Waals surface area contributed by atoms with Crippen LogP contribution in [-0.4, -0.2) is 40.9 Å². The molecule has 6 heteroatoms. The molecule has 0 heterocycles. The predicted octanol–water partition coefficient (Wildman–Crippen LogP) is 2.96. The Morgan fingerprint density at radius 1 is 0.958 bits per heavy atom. The molecular formula is C18H31N3O3. The van der Waals surface area contributed by atoms with E-state index in [1.807, 2.05) is 12.1 Å². The topological polar surface area (TPSA) is 64.1 Å². The zero-order valence-corrected chi connectivity index (χ0v) is 15.6. The van der Waals surface area contributed by atoms with Crippen molar-refractivity contribution in [2.75, 3.05) is 34.9 Å². The fourth-order valence-corrected chi connectivity index (χ4v) is 2.40. The SMILES string of the molecule is CCCCCCNC(=NC)NCc1c(OC)cc(OC)cc1OC. The quantitative estimate of drug-likeness (QED) is 0.390. The van der Waals surface area contributed by atoms with E-state index in [4.69, 9.17) is 14.2 Å². The van der Waals surface area contributed by atoms with Gasteiger partial charge in [-0.3, -0.25) is 4.99 Å².